The van der Waals surface area contributed by atoms with E-state index in [1.807, 2.05) is 29.2 Å². The van der Waals surface area contributed by atoms with Gasteiger partial charge in [0.2, 0.25) is 5.91 Å². The van der Waals surface area contributed by atoms with Crippen LogP contribution in [0.15, 0.2) is 48.5 Å². The van der Waals surface area contributed by atoms with Crippen LogP contribution in [0, 0.1) is 5.92 Å². The first-order chi connectivity index (χ1) is 16.8. The molecule has 0 spiro atoms. The number of carbonyl (C=O) groups excluding carboxylic acids is 2. The number of fused-ring (bicyclic) bond motifs is 3. The molecule has 0 aromatic heterocycles. The van der Waals surface area contributed by atoms with Crippen LogP contribution < -0.4 is 5.32 Å². The number of piperidine rings is 1. The zero-order chi connectivity index (χ0) is 24.9. The molecule has 0 saturated carbocycles. The van der Waals surface area contributed by atoms with E-state index in [1.165, 1.54) is 27.2 Å². The Morgan fingerprint density at radius 1 is 1.06 bits per heavy atom. The summed E-state index contributed by atoms with van der Waals surface area (Å²) in [6.45, 7) is 3.68. The molecule has 2 amide bonds. The third-order valence-corrected chi connectivity index (χ3v) is 7.01. The highest BCUT2D eigenvalue weighted by Crippen LogP contribution is 2.44. The Morgan fingerprint density at radius 3 is 2.20 bits per heavy atom. The molecule has 1 heterocycles. The number of aliphatic carboxylic acids is 1. The van der Waals surface area contributed by atoms with Crippen molar-refractivity contribution in [3.05, 3.63) is 59.7 Å². The monoisotopic (exact) mass is 479 g/mol. The van der Waals surface area contributed by atoms with E-state index in [0.717, 1.165) is 12.8 Å². The topological polar surface area (TPSA) is 99.2 Å². The smallest absolute Gasteiger partial charge is 0.407 e. The predicted octanol–water partition coefficient (Wildman–Crippen LogP) is 3.17. The molecule has 2 aromatic carbocycles. The van der Waals surface area contributed by atoms with Crippen molar-refractivity contribution in [2.75, 3.05) is 39.8 Å². The Kier molecular flexibility index (Phi) is 7.70. The SMILES string of the molecule is CC(CN(C)C(=O)CN1CCC(NC(=O)OCC2c3ccccc3-c3ccccc32)CC1)C(=O)O. The first-order valence-corrected chi connectivity index (χ1v) is 12.1. The highest BCUT2D eigenvalue weighted by atomic mass is 16.5. The van der Waals surface area contributed by atoms with Gasteiger partial charge in [0.15, 0.2) is 0 Å². The van der Waals surface area contributed by atoms with Crippen molar-refractivity contribution in [2.45, 2.75) is 31.7 Å². The number of hydrogen-bond acceptors (Lipinski definition) is 5. The fourth-order valence-corrected chi connectivity index (χ4v) is 4.94. The van der Waals surface area contributed by atoms with Crippen LogP contribution in [0.5, 0.6) is 0 Å². The first-order valence-electron chi connectivity index (χ1n) is 12.1. The van der Waals surface area contributed by atoms with Gasteiger partial charge in [0, 0.05) is 38.6 Å². The first kappa shape index (κ1) is 24.7. The lowest BCUT2D eigenvalue weighted by Gasteiger charge is -2.32. The molecule has 0 radical (unpaired) electrons. The van der Waals surface area contributed by atoms with Gasteiger partial charge in [-0.25, -0.2) is 4.79 Å². The lowest BCUT2D eigenvalue weighted by atomic mass is 9.98. The Balaban J connectivity index is 1.22. The summed E-state index contributed by atoms with van der Waals surface area (Å²) in [6, 6.07) is 16.5. The number of hydrogen-bond donors (Lipinski definition) is 2. The highest BCUT2D eigenvalue weighted by molar-refractivity contribution is 5.80. The van der Waals surface area contributed by atoms with E-state index in [2.05, 4.69) is 29.6 Å². The summed E-state index contributed by atoms with van der Waals surface area (Å²) in [6.07, 6.45) is 1.04. The van der Waals surface area contributed by atoms with Gasteiger partial charge < -0.3 is 20.1 Å². The van der Waals surface area contributed by atoms with Crippen LogP contribution in [0.2, 0.25) is 0 Å². The summed E-state index contributed by atoms with van der Waals surface area (Å²) in [5.74, 6) is -1.58. The average Bonchev–Trinajstić information content (AvgIpc) is 3.17. The number of carboxylic acids is 1. The summed E-state index contributed by atoms with van der Waals surface area (Å²) in [5, 5.41) is 12.0. The summed E-state index contributed by atoms with van der Waals surface area (Å²) in [5.41, 5.74) is 4.76. The second-order valence-corrected chi connectivity index (χ2v) is 9.53. The van der Waals surface area contributed by atoms with Gasteiger partial charge >= 0.3 is 12.1 Å². The molecule has 1 unspecified atom stereocenters. The summed E-state index contributed by atoms with van der Waals surface area (Å²) >= 11 is 0. The number of nitrogens with zero attached hydrogens (tertiary/aromatic N) is 2. The fraction of sp³-hybridized carbons (Fsp3) is 0.444. The maximum Gasteiger partial charge on any atom is 0.407 e. The van der Waals surface area contributed by atoms with Gasteiger partial charge in [-0.05, 0) is 35.1 Å². The van der Waals surface area contributed by atoms with Crippen LogP contribution in [0.3, 0.4) is 0 Å². The van der Waals surface area contributed by atoms with Crippen LogP contribution in [-0.4, -0.2) is 78.8 Å². The minimum Gasteiger partial charge on any atom is -0.481 e. The molecule has 8 nitrogen and oxygen atoms in total. The third-order valence-electron chi connectivity index (χ3n) is 7.01. The second-order valence-electron chi connectivity index (χ2n) is 9.53. The third kappa shape index (κ3) is 5.82. The van der Waals surface area contributed by atoms with Crippen molar-refractivity contribution in [2.24, 2.45) is 5.92 Å². The maximum absolute atomic E-state index is 12.5. The molecular weight excluding hydrogens is 446 g/mol. The Hall–Kier alpha value is -3.39. The van der Waals surface area contributed by atoms with E-state index in [9.17, 15) is 14.4 Å². The molecule has 35 heavy (non-hydrogen) atoms. The highest BCUT2D eigenvalue weighted by Gasteiger charge is 2.30. The molecule has 1 aliphatic heterocycles. The number of rotatable bonds is 8. The van der Waals surface area contributed by atoms with Crippen molar-refractivity contribution in [1.82, 2.24) is 15.1 Å². The van der Waals surface area contributed by atoms with Gasteiger partial charge in [0.05, 0.1) is 12.5 Å². The lowest BCUT2D eigenvalue weighted by molar-refractivity contribution is -0.142. The van der Waals surface area contributed by atoms with E-state index in [4.69, 9.17) is 9.84 Å². The number of likely N-dealkylation sites (tertiary alicyclic amines) is 1. The summed E-state index contributed by atoms with van der Waals surface area (Å²) < 4.78 is 5.65. The van der Waals surface area contributed by atoms with Gasteiger partial charge in [-0.2, -0.15) is 0 Å². The molecule has 1 aliphatic carbocycles. The van der Waals surface area contributed by atoms with Crippen molar-refractivity contribution in [1.29, 1.82) is 0 Å². The van der Waals surface area contributed by atoms with Crippen molar-refractivity contribution < 1.29 is 24.2 Å². The number of amides is 2. The van der Waals surface area contributed by atoms with E-state index >= 15 is 0 Å². The van der Waals surface area contributed by atoms with Gasteiger partial charge in [-0.15, -0.1) is 0 Å². The lowest BCUT2D eigenvalue weighted by Crippen LogP contribution is -2.48. The van der Waals surface area contributed by atoms with E-state index in [0.29, 0.717) is 13.1 Å². The largest absolute Gasteiger partial charge is 0.481 e. The number of likely N-dealkylation sites (N-methyl/N-ethyl adjacent to an activating group) is 1. The van der Waals surface area contributed by atoms with Gasteiger partial charge in [0.25, 0.3) is 0 Å². The number of carboxylic acid groups (broad SMARTS) is 1. The van der Waals surface area contributed by atoms with Crippen molar-refractivity contribution in [3.63, 3.8) is 0 Å². The quantitative estimate of drug-likeness (QED) is 0.604. The number of benzene rings is 2. The van der Waals surface area contributed by atoms with Crippen LogP contribution in [0.25, 0.3) is 11.1 Å². The number of alkyl carbamates (subject to hydrolysis) is 1. The van der Waals surface area contributed by atoms with Gasteiger partial charge in [-0.1, -0.05) is 55.5 Å². The fourth-order valence-electron chi connectivity index (χ4n) is 4.94. The van der Waals surface area contributed by atoms with Gasteiger partial charge in [0.1, 0.15) is 6.61 Å². The number of nitrogens with one attached hydrogen (secondary N) is 1. The molecule has 0 bridgehead atoms. The molecule has 1 saturated heterocycles. The molecule has 2 aromatic rings. The zero-order valence-corrected chi connectivity index (χ0v) is 20.3. The van der Waals surface area contributed by atoms with Crippen LogP contribution in [-0.2, 0) is 14.3 Å². The average molecular weight is 480 g/mol. The standard InChI is InChI=1S/C27H33N3O5/c1-18(26(32)33)15-29(2)25(31)16-30-13-11-19(12-14-30)28-27(34)35-17-24-22-9-5-3-7-20(22)21-8-4-6-10-23(21)24/h3-10,18-19,24H,11-17H2,1-2H3,(H,28,34)(H,32,33). The molecular formula is C27H33N3O5. The summed E-state index contributed by atoms with van der Waals surface area (Å²) in [7, 11) is 1.63. The summed E-state index contributed by atoms with van der Waals surface area (Å²) in [4.78, 5) is 39.5. The van der Waals surface area contributed by atoms with Crippen molar-refractivity contribution in [3.8, 4) is 11.1 Å². The maximum atomic E-state index is 12.5. The Bertz CT molecular complexity index is 1030. The van der Waals surface area contributed by atoms with E-state index in [1.54, 1.807) is 14.0 Å². The number of ether oxygens (including phenoxy) is 1. The zero-order valence-electron chi connectivity index (χ0n) is 20.3. The predicted molar refractivity (Wildman–Crippen MR) is 132 cm³/mol. The number of carbonyl (C=O) groups is 3. The van der Waals surface area contributed by atoms with Gasteiger partial charge in [-0.3, -0.25) is 14.5 Å². The van der Waals surface area contributed by atoms with Crippen LogP contribution >= 0.6 is 0 Å². The van der Waals surface area contributed by atoms with Crippen molar-refractivity contribution >= 4 is 18.0 Å². The molecule has 2 aliphatic rings. The van der Waals surface area contributed by atoms with Crippen LogP contribution in [0.1, 0.15) is 36.8 Å². The molecule has 1 fully saturated rings. The second kappa shape index (κ2) is 10.9. The Labute approximate surface area is 205 Å². The molecule has 2 N–H and O–H groups in total. The molecule has 4 rings (SSSR count). The van der Waals surface area contributed by atoms with E-state index in [-0.39, 0.29) is 37.6 Å². The van der Waals surface area contributed by atoms with Crippen LogP contribution in [0.4, 0.5) is 4.79 Å². The molecule has 8 heteroatoms. The molecule has 1 atom stereocenters. The molecule has 186 valence electrons. The minimum atomic E-state index is -0.912. The van der Waals surface area contributed by atoms with E-state index < -0.39 is 18.0 Å². The Morgan fingerprint density at radius 2 is 1.63 bits per heavy atom. The normalized spacial score (nSPS) is 16.7. The minimum absolute atomic E-state index is 0.00163.